The molecule has 0 aliphatic carbocycles. The molecule has 2 rings (SSSR count). The Labute approximate surface area is 123 Å². The fraction of sp³-hybridized carbons (Fsp3) is 0.636. The molecule has 2 heterocycles. The van der Waals surface area contributed by atoms with Crippen LogP contribution in [0.2, 0.25) is 10.4 Å². The van der Waals surface area contributed by atoms with Gasteiger partial charge in [0.05, 0.1) is 0 Å². The van der Waals surface area contributed by atoms with Crippen LogP contribution >= 0.6 is 35.6 Å². The molecule has 1 unspecified atom stereocenters. The molecule has 1 aliphatic rings. The van der Waals surface area contributed by atoms with Crippen LogP contribution in [0.3, 0.4) is 0 Å². The Hall–Kier alpha value is -0.130. The zero-order valence-electron chi connectivity index (χ0n) is 9.98. The van der Waals surface area contributed by atoms with Crippen molar-refractivity contribution in [1.29, 1.82) is 0 Å². The Bertz CT molecular complexity index is 389. The van der Waals surface area contributed by atoms with Crippen molar-refractivity contribution >= 4 is 35.6 Å². The maximum absolute atomic E-state index is 6.05. The minimum absolute atomic E-state index is 0. The number of aromatic nitrogens is 2. The summed E-state index contributed by atoms with van der Waals surface area (Å²) in [4.78, 5) is 10.3. The van der Waals surface area contributed by atoms with Crippen molar-refractivity contribution in [2.45, 2.75) is 31.8 Å². The van der Waals surface area contributed by atoms with Gasteiger partial charge in [0, 0.05) is 30.9 Å². The van der Waals surface area contributed by atoms with Gasteiger partial charge in [-0.1, -0.05) is 18.0 Å². The number of rotatable bonds is 3. The van der Waals surface area contributed by atoms with Crippen molar-refractivity contribution in [1.82, 2.24) is 14.9 Å². The third-order valence-electron chi connectivity index (χ3n) is 3.18. The number of nitrogens with two attached hydrogens (primary N) is 1. The van der Waals surface area contributed by atoms with E-state index in [4.69, 9.17) is 28.9 Å². The highest BCUT2D eigenvalue weighted by Gasteiger charge is 2.22. The first-order chi connectivity index (χ1) is 8.20. The van der Waals surface area contributed by atoms with Crippen molar-refractivity contribution in [3.63, 3.8) is 0 Å². The van der Waals surface area contributed by atoms with E-state index in [0.717, 1.165) is 25.1 Å². The molecular weight excluding hydrogens is 295 g/mol. The molecule has 4 nitrogen and oxygen atoms in total. The van der Waals surface area contributed by atoms with Crippen LogP contribution in [0.25, 0.3) is 0 Å². The Balaban J connectivity index is 0.00000162. The maximum atomic E-state index is 6.05. The highest BCUT2D eigenvalue weighted by Crippen LogP contribution is 2.22. The van der Waals surface area contributed by atoms with E-state index in [-0.39, 0.29) is 17.7 Å². The van der Waals surface area contributed by atoms with Crippen LogP contribution in [-0.4, -0.2) is 34.0 Å². The van der Waals surface area contributed by atoms with Crippen LogP contribution in [0, 0.1) is 0 Å². The molecule has 1 aromatic heterocycles. The van der Waals surface area contributed by atoms with Gasteiger partial charge in [0.15, 0.2) is 0 Å². The quantitative estimate of drug-likeness (QED) is 0.688. The fourth-order valence-electron chi connectivity index (χ4n) is 2.23. The normalized spacial score (nSPS) is 20.5. The molecule has 1 aromatic rings. The van der Waals surface area contributed by atoms with Crippen LogP contribution < -0.4 is 5.73 Å². The van der Waals surface area contributed by atoms with Crippen molar-refractivity contribution < 1.29 is 0 Å². The lowest BCUT2D eigenvalue weighted by Gasteiger charge is -2.34. The van der Waals surface area contributed by atoms with Gasteiger partial charge in [-0.15, -0.1) is 12.4 Å². The monoisotopic (exact) mass is 310 g/mol. The largest absolute Gasteiger partial charge is 0.329 e. The third-order valence-corrected chi connectivity index (χ3v) is 3.69. The van der Waals surface area contributed by atoms with Gasteiger partial charge in [-0.25, -0.2) is 9.97 Å². The highest BCUT2D eigenvalue weighted by molar-refractivity contribution is 6.32. The number of hydrogen-bond acceptors (Lipinski definition) is 4. The summed E-state index contributed by atoms with van der Waals surface area (Å²) in [7, 11) is 0. The van der Waals surface area contributed by atoms with E-state index in [1.54, 1.807) is 6.20 Å². The van der Waals surface area contributed by atoms with E-state index in [1.165, 1.54) is 12.8 Å². The molecular formula is C11H17Cl3N4. The molecule has 0 saturated carbocycles. The van der Waals surface area contributed by atoms with Crippen molar-refractivity contribution in [2.24, 2.45) is 5.73 Å². The summed E-state index contributed by atoms with van der Waals surface area (Å²) >= 11 is 11.7. The highest BCUT2D eigenvalue weighted by atomic mass is 35.5. The standard InChI is InChI=1S/C11H16Cl2N4.ClH/c12-10-8(6-15-11(13)16-10)7-17-4-2-1-3-9(17)5-14;/h6,9H,1-5,7,14H2;1H. The van der Waals surface area contributed by atoms with E-state index in [1.807, 2.05) is 0 Å². The first-order valence-corrected chi connectivity index (χ1v) is 6.57. The number of piperidine rings is 1. The van der Waals surface area contributed by atoms with E-state index in [0.29, 0.717) is 17.7 Å². The van der Waals surface area contributed by atoms with Crippen molar-refractivity contribution in [3.05, 3.63) is 22.2 Å². The van der Waals surface area contributed by atoms with Gasteiger partial charge in [-0.3, -0.25) is 4.90 Å². The Morgan fingerprint density at radius 2 is 2.17 bits per heavy atom. The molecule has 1 saturated heterocycles. The topological polar surface area (TPSA) is 55.0 Å². The lowest BCUT2D eigenvalue weighted by Crippen LogP contribution is -2.43. The van der Waals surface area contributed by atoms with Gasteiger partial charge < -0.3 is 5.73 Å². The van der Waals surface area contributed by atoms with Gasteiger partial charge in [-0.05, 0) is 31.0 Å². The second kappa shape index (κ2) is 7.46. The van der Waals surface area contributed by atoms with Gasteiger partial charge in [0.25, 0.3) is 0 Å². The summed E-state index contributed by atoms with van der Waals surface area (Å²) in [6.45, 7) is 2.49. The van der Waals surface area contributed by atoms with Crippen LogP contribution in [0.4, 0.5) is 0 Å². The van der Waals surface area contributed by atoms with Gasteiger partial charge in [-0.2, -0.15) is 0 Å². The van der Waals surface area contributed by atoms with Crippen LogP contribution in [0.1, 0.15) is 24.8 Å². The smallest absolute Gasteiger partial charge is 0.223 e. The molecule has 0 bridgehead atoms. The number of halogens is 3. The lowest BCUT2D eigenvalue weighted by atomic mass is 10.0. The summed E-state index contributed by atoms with van der Waals surface area (Å²) in [5.74, 6) is 0. The fourth-order valence-corrected chi connectivity index (χ4v) is 2.59. The summed E-state index contributed by atoms with van der Waals surface area (Å²) in [5.41, 5.74) is 6.70. The minimum atomic E-state index is 0. The lowest BCUT2D eigenvalue weighted by molar-refractivity contribution is 0.144. The first kappa shape index (κ1) is 15.9. The molecule has 7 heteroatoms. The zero-order chi connectivity index (χ0) is 12.3. The first-order valence-electron chi connectivity index (χ1n) is 5.81. The number of hydrogen-bond donors (Lipinski definition) is 1. The van der Waals surface area contributed by atoms with Gasteiger partial charge in [0.1, 0.15) is 5.15 Å². The van der Waals surface area contributed by atoms with Crippen LogP contribution in [-0.2, 0) is 6.54 Å². The van der Waals surface area contributed by atoms with Crippen LogP contribution in [0.5, 0.6) is 0 Å². The van der Waals surface area contributed by atoms with E-state index >= 15 is 0 Å². The van der Waals surface area contributed by atoms with Gasteiger partial charge in [0.2, 0.25) is 5.28 Å². The molecule has 0 spiro atoms. The molecule has 0 amide bonds. The summed E-state index contributed by atoms with van der Waals surface area (Å²) in [6, 6.07) is 0.440. The van der Waals surface area contributed by atoms with Crippen molar-refractivity contribution in [3.8, 4) is 0 Å². The Kier molecular flexibility index (Phi) is 6.60. The Morgan fingerprint density at radius 1 is 1.39 bits per heavy atom. The average molecular weight is 312 g/mol. The molecule has 1 fully saturated rings. The van der Waals surface area contributed by atoms with E-state index in [9.17, 15) is 0 Å². The summed E-state index contributed by atoms with van der Waals surface area (Å²) in [6.07, 6.45) is 5.31. The van der Waals surface area contributed by atoms with Crippen molar-refractivity contribution in [2.75, 3.05) is 13.1 Å². The Morgan fingerprint density at radius 3 is 2.83 bits per heavy atom. The molecule has 1 aliphatic heterocycles. The molecule has 18 heavy (non-hydrogen) atoms. The van der Waals surface area contributed by atoms with Crippen LogP contribution in [0.15, 0.2) is 6.20 Å². The third kappa shape index (κ3) is 3.93. The molecule has 1 atom stereocenters. The predicted octanol–water partition coefficient (Wildman–Crippen LogP) is 2.52. The molecule has 0 radical (unpaired) electrons. The summed E-state index contributed by atoms with van der Waals surface area (Å²) in [5, 5.41) is 0.624. The number of likely N-dealkylation sites (tertiary alicyclic amines) is 1. The molecule has 102 valence electrons. The molecule has 0 aromatic carbocycles. The maximum Gasteiger partial charge on any atom is 0.223 e. The second-order valence-corrected chi connectivity index (χ2v) is 5.01. The minimum Gasteiger partial charge on any atom is -0.329 e. The van der Waals surface area contributed by atoms with E-state index in [2.05, 4.69) is 14.9 Å². The second-order valence-electron chi connectivity index (χ2n) is 4.31. The number of nitrogens with zero attached hydrogens (tertiary/aromatic N) is 3. The van der Waals surface area contributed by atoms with E-state index < -0.39 is 0 Å². The SMILES string of the molecule is Cl.NCC1CCCCN1Cc1cnc(Cl)nc1Cl. The summed E-state index contributed by atoms with van der Waals surface area (Å²) < 4.78 is 0. The van der Waals surface area contributed by atoms with Gasteiger partial charge >= 0.3 is 0 Å². The predicted molar refractivity (Wildman–Crippen MR) is 76.4 cm³/mol. The zero-order valence-corrected chi connectivity index (χ0v) is 12.3. The average Bonchev–Trinajstić information content (AvgIpc) is 2.33. The molecule has 2 N–H and O–H groups in total.